The molecule has 1 aromatic heterocycles. The first-order valence-electron chi connectivity index (χ1n) is 5.58. The van der Waals surface area contributed by atoms with Crippen LogP contribution in [-0.2, 0) is 17.9 Å². The predicted molar refractivity (Wildman–Crippen MR) is 65.0 cm³/mol. The average molecular weight is 237 g/mol. The molecule has 1 aromatic rings. The van der Waals surface area contributed by atoms with E-state index < -0.39 is 0 Å². The van der Waals surface area contributed by atoms with Gasteiger partial charge in [0.1, 0.15) is 6.54 Å². The molecule has 94 valence electrons. The molecule has 0 saturated carbocycles. The molecular formula is C11H19N5O. The predicted octanol–water partition coefficient (Wildman–Crippen LogP) is 0.160. The van der Waals surface area contributed by atoms with E-state index in [0.29, 0.717) is 18.8 Å². The molecule has 0 aliphatic carbocycles. The third-order valence-electron chi connectivity index (χ3n) is 2.36. The summed E-state index contributed by atoms with van der Waals surface area (Å²) < 4.78 is 1.50. The van der Waals surface area contributed by atoms with Gasteiger partial charge in [0.25, 0.3) is 0 Å². The van der Waals surface area contributed by atoms with Crippen LogP contribution in [-0.4, -0.2) is 38.4 Å². The van der Waals surface area contributed by atoms with Crippen molar-refractivity contribution in [1.82, 2.24) is 19.9 Å². The number of carbonyl (C=O) groups is 1. The SMILES string of the molecule is C=CCN(C(=O)Cn1cc(CN)nn1)C(C)C. The summed E-state index contributed by atoms with van der Waals surface area (Å²) in [6, 6.07) is 0.137. The Morgan fingerprint density at radius 1 is 1.71 bits per heavy atom. The van der Waals surface area contributed by atoms with Gasteiger partial charge in [-0.1, -0.05) is 11.3 Å². The van der Waals surface area contributed by atoms with Crippen molar-refractivity contribution >= 4 is 5.91 Å². The number of hydrogen-bond acceptors (Lipinski definition) is 4. The molecule has 0 bridgehead atoms. The molecule has 0 atom stereocenters. The van der Waals surface area contributed by atoms with E-state index in [1.165, 1.54) is 4.68 Å². The first-order chi connectivity index (χ1) is 8.08. The maximum atomic E-state index is 12.0. The zero-order valence-corrected chi connectivity index (χ0v) is 10.3. The zero-order chi connectivity index (χ0) is 12.8. The molecule has 0 unspecified atom stereocenters. The van der Waals surface area contributed by atoms with E-state index in [0.717, 1.165) is 0 Å². The van der Waals surface area contributed by atoms with Gasteiger partial charge < -0.3 is 10.6 Å². The van der Waals surface area contributed by atoms with Gasteiger partial charge >= 0.3 is 0 Å². The summed E-state index contributed by atoms with van der Waals surface area (Å²) in [5, 5.41) is 7.68. The second-order valence-electron chi connectivity index (χ2n) is 4.04. The van der Waals surface area contributed by atoms with Crippen LogP contribution in [0, 0.1) is 0 Å². The van der Waals surface area contributed by atoms with Crippen molar-refractivity contribution in [1.29, 1.82) is 0 Å². The van der Waals surface area contributed by atoms with Crippen LogP contribution >= 0.6 is 0 Å². The van der Waals surface area contributed by atoms with E-state index in [1.807, 2.05) is 13.8 Å². The highest BCUT2D eigenvalue weighted by Crippen LogP contribution is 2.01. The summed E-state index contributed by atoms with van der Waals surface area (Å²) in [7, 11) is 0. The Balaban J connectivity index is 2.65. The third-order valence-corrected chi connectivity index (χ3v) is 2.36. The zero-order valence-electron chi connectivity index (χ0n) is 10.3. The molecule has 0 aromatic carbocycles. The van der Waals surface area contributed by atoms with Crippen molar-refractivity contribution < 1.29 is 4.79 Å². The van der Waals surface area contributed by atoms with Gasteiger partial charge in [-0.2, -0.15) is 0 Å². The molecule has 0 aliphatic rings. The second-order valence-corrected chi connectivity index (χ2v) is 4.04. The molecule has 2 N–H and O–H groups in total. The first-order valence-corrected chi connectivity index (χ1v) is 5.58. The Bertz CT molecular complexity index is 385. The number of nitrogens with two attached hydrogens (primary N) is 1. The monoisotopic (exact) mass is 237 g/mol. The van der Waals surface area contributed by atoms with Crippen molar-refractivity contribution in [3.8, 4) is 0 Å². The summed E-state index contributed by atoms with van der Waals surface area (Å²) in [5.74, 6) is -0.00614. The molecule has 6 heteroatoms. The van der Waals surface area contributed by atoms with E-state index >= 15 is 0 Å². The maximum absolute atomic E-state index is 12.0. The Labute approximate surface area is 101 Å². The molecule has 17 heavy (non-hydrogen) atoms. The summed E-state index contributed by atoms with van der Waals surface area (Å²) >= 11 is 0. The van der Waals surface area contributed by atoms with Crippen LogP contribution in [0.2, 0.25) is 0 Å². The highest BCUT2D eigenvalue weighted by molar-refractivity contribution is 5.76. The molecule has 1 heterocycles. The smallest absolute Gasteiger partial charge is 0.244 e. The Morgan fingerprint density at radius 3 is 2.88 bits per heavy atom. The van der Waals surface area contributed by atoms with Crippen molar-refractivity contribution in [3.05, 3.63) is 24.5 Å². The average Bonchev–Trinajstić information content (AvgIpc) is 2.72. The van der Waals surface area contributed by atoms with E-state index in [9.17, 15) is 4.79 Å². The molecule has 0 saturated heterocycles. The van der Waals surface area contributed by atoms with Crippen LogP contribution in [0.25, 0.3) is 0 Å². The van der Waals surface area contributed by atoms with Crippen molar-refractivity contribution in [2.24, 2.45) is 5.73 Å². The van der Waals surface area contributed by atoms with Gasteiger partial charge in [0.2, 0.25) is 5.91 Å². The van der Waals surface area contributed by atoms with Gasteiger partial charge in [-0.05, 0) is 13.8 Å². The number of hydrogen-bond donors (Lipinski definition) is 1. The van der Waals surface area contributed by atoms with Gasteiger partial charge in [-0.3, -0.25) is 4.79 Å². The Hall–Kier alpha value is -1.69. The number of nitrogens with zero attached hydrogens (tertiary/aromatic N) is 4. The highest BCUT2D eigenvalue weighted by Gasteiger charge is 2.16. The lowest BCUT2D eigenvalue weighted by Gasteiger charge is -2.25. The second kappa shape index (κ2) is 6.15. The molecular weight excluding hydrogens is 218 g/mol. The van der Waals surface area contributed by atoms with Crippen LogP contribution in [0.15, 0.2) is 18.9 Å². The maximum Gasteiger partial charge on any atom is 0.244 e. The molecule has 0 fully saturated rings. The van der Waals surface area contributed by atoms with E-state index in [2.05, 4.69) is 16.9 Å². The lowest BCUT2D eigenvalue weighted by molar-refractivity contribution is -0.133. The van der Waals surface area contributed by atoms with E-state index in [4.69, 9.17) is 5.73 Å². The molecule has 0 radical (unpaired) electrons. The number of amides is 1. The molecule has 0 spiro atoms. The normalized spacial score (nSPS) is 10.6. The summed E-state index contributed by atoms with van der Waals surface area (Å²) in [4.78, 5) is 13.7. The molecule has 1 rings (SSSR count). The number of aromatic nitrogens is 3. The van der Waals surface area contributed by atoms with Crippen LogP contribution in [0.1, 0.15) is 19.5 Å². The molecule has 6 nitrogen and oxygen atoms in total. The highest BCUT2D eigenvalue weighted by atomic mass is 16.2. The van der Waals surface area contributed by atoms with Crippen LogP contribution in [0.3, 0.4) is 0 Å². The topological polar surface area (TPSA) is 77.0 Å². The van der Waals surface area contributed by atoms with Gasteiger partial charge in [0.15, 0.2) is 0 Å². The lowest BCUT2D eigenvalue weighted by Crippen LogP contribution is -2.39. The lowest BCUT2D eigenvalue weighted by atomic mass is 10.3. The first kappa shape index (κ1) is 13.4. The fourth-order valence-corrected chi connectivity index (χ4v) is 1.48. The fourth-order valence-electron chi connectivity index (χ4n) is 1.48. The minimum Gasteiger partial charge on any atom is -0.335 e. The van der Waals surface area contributed by atoms with E-state index in [-0.39, 0.29) is 18.5 Å². The summed E-state index contributed by atoms with van der Waals surface area (Å²) in [5.41, 5.74) is 6.10. The van der Waals surface area contributed by atoms with Crippen LogP contribution in [0.5, 0.6) is 0 Å². The molecule has 1 amide bonds. The third kappa shape index (κ3) is 3.67. The van der Waals surface area contributed by atoms with Gasteiger partial charge in [-0.15, -0.1) is 11.7 Å². The standard InChI is InChI=1S/C11H19N5O/c1-4-5-16(9(2)3)11(17)8-15-7-10(6-12)13-14-15/h4,7,9H,1,5-6,8,12H2,2-3H3. The van der Waals surface area contributed by atoms with Crippen molar-refractivity contribution in [2.75, 3.05) is 6.54 Å². The van der Waals surface area contributed by atoms with Crippen molar-refractivity contribution in [3.63, 3.8) is 0 Å². The fraction of sp³-hybridized carbons (Fsp3) is 0.545. The van der Waals surface area contributed by atoms with Gasteiger partial charge in [0.05, 0.1) is 11.9 Å². The van der Waals surface area contributed by atoms with Crippen LogP contribution in [0.4, 0.5) is 0 Å². The van der Waals surface area contributed by atoms with Crippen LogP contribution < -0.4 is 5.73 Å². The Kier molecular flexibility index (Phi) is 4.84. The summed E-state index contributed by atoms with van der Waals surface area (Å²) in [6.07, 6.45) is 3.40. The largest absolute Gasteiger partial charge is 0.335 e. The number of carbonyl (C=O) groups excluding carboxylic acids is 1. The number of rotatable bonds is 6. The van der Waals surface area contributed by atoms with Crippen molar-refractivity contribution in [2.45, 2.75) is 33.0 Å². The minimum absolute atomic E-state index is 0.00614. The summed E-state index contributed by atoms with van der Waals surface area (Å²) in [6.45, 7) is 8.62. The van der Waals surface area contributed by atoms with Gasteiger partial charge in [-0.25, -0.2) is 4.68 Å². The minimum atomic E-state index is -0.00614. The Morgan fingerprint density at radius 2 is 2.41 bits per heavy atom. The van der Waals surface area contributed by atoms with Gasteiger partial charge in [0, 0.05) is 19.1 Å². The molecule has 0 aliphatic heterocycles. The van der Waals surface area contributed by atoms with E-state index in [1.54, 1.807) is 17.2 Å². The quantitative estimate of drug-likeness (QED) is 0.715.